The lowest BCUT2D eigenvalue weighted by atomic mass is 10.1. The predicted octanol–water partition coefficient (Wildman–Crippen LogP) is 3.35. The highest BCUT2D eigenvalue weighted by Gasteiger charge is 2.35. The number of halogens is 3. The maximum atomic E-state index is 13.1. The van der Waals surface area contributed by atoms with Gasteiger partial charge in [0.2, 0.25) is 0 Å². The van der Waals surface area contributed by atoms with Crippen molar-refractivity contribution in [3.63, 3.8) is 0 Å². The monoisotopic (exact) mass is 201 g/mol. The fourth-order valence-electron chi connectivity index (χ4n) is 0.907. The van der Waals surface area contributed by atoms with E-state index in [0.29, 0.717) is 0 Å². The van der Waals surface area contributed by atoms with E-state index in [4.69, 9.17) is 18.2 Å². The van der Waals surface area contributed by atoms with Gasteiger partial charge in [-0.1, -0.05) is 23.7 Å². The van der Waals surface area contributed by atoms with Gasteiger partial charge in [0.15, 0.2) is 0 Å². The summed E-state index contributed by atoms with van der Waals surface area (Å²) in [6.07, 6.45) is 0. The van der Waals surface area contributed by atoms with Crippen LogP contribution in [0.3, 0.4) is 0 Å². The molecule has 0 spiro atoms. The van der Waals surface area contributed by atoms with Gasteiger partial charge < -0.3 is 4.85 Å². The van der Waals surface area contributed by atoms with E-state index in [0.717, 1.165) is 0 Å². The van der Waals surface area contributed by atoms with Crippen LogP contribution in [-0.2, 0) is 5.92 Å². The Morgan fingerprint density at radius 1 is 1.46 bits per heavy atom. The van der Waals surface area contributed by atoms with Gasteiger partial charge in [0.05, 0.1) is 0 Å². The smallest absolute Gasteiger partial charge is 0.310 e. The molecule has 1 aromatic rings. The second-order valence-electron chi connectivity index (χ2n) is 2.53. The second-order valence-corrected chi connectivity index (χ2v) is 2.97. The molecule has 0 amide bonds. The first-order chi connectivity index (χ1) is 6.06. The number of hydrogen-bond donors (Lipinski definition) is 0. The average molecular weight is 202 g/mol. The van der Waals surface area contributed by atoms with Gasteiger partial charge in [0, 0.05) is 10.6 Å². The number of nitrogens with zero attached hydrogens (tertiary/aromatic N) is 1. The van der Waals surface area contributed by atoms with Crippen molar-refractivity contribution in [3.05, 3.63) is 46.3 Å². The fraction of sp³-hybridized carbons (Fsp3) is 0.222. The van der Waals surface area contributed by atoms with E-state index < -0.39 is 12.5 Å². The second kappa shape index (κ2) is 3.71. The zero-order chi connectivity index (χ0) is 9.90. The van der Waals surface area contributed by atoms with E-state index in [2.05, 4.69) is 4.85 Å². The van der Waals surface area contributed by atoms with Crippen LogP contribution in [0.4, 0.5) is 8.78 Å². The summed E-state index contributed by atoms with van der Waals surface area (Å²) < 4.78 is 26.1. The Balaban J connectivity index is 3.01. The Hall–Kier alpha value is -1.14. The zero-order valence-corrected chi connectivity index (χ0v) is 7.35. The molecule has 1 nitrogen and oxygen atoms in total. The van der Waals surface area contributed by atoms with Gasteiger partial charge >= 0.3 is 5.92 Å². The summed E-state index contributed by atoms with van der Waals surface area (Å²) in [5.74, 6) is -3.10. The van der Waals surface area contributed by atoms with Crippen LogP contribution >= 0.6 is 11.6 Å². The molecule has 0 heterocycles. The number of hydrogen-bond acceptors (Lipinski definition) is 0. The molecule has 0 aliphatic heterocycles. The van der Waals surface area contributed by atoms with Gasteiger partial charge in [0.25, 0.3) is 6.54 Å². The van der Waals surface area contributed by atoms with Crippen LogP contribution in [0.1, 0.15) is 5.56 Å². The standard InChI is InChI=1S/C9H6ClF2N/c1-13-6-9(11,12)7-3-2-4-8(10)5-7/h2-5H,6H2. The summed E-state index contributed by atoms with van der Waals surface area (Å²) in [7, 11) is 0. The largest absolute Gasteiger partial charge is 0.343 e. The number of rotatable bonds is 2. The SMILES string of the molecule is [C-]#[N+]CC(F)(F)c1cccc(Cl)c1. The Morgan fingerprint density at radius 2 is 2.15 bits per heavy atom. The van der Waals surface area contributed by atoms with Crippen molar-refractivity contribution in [2.75, 3.05) is 6.54 Å². The molecule has 0 saturated carbocycles. The molecule has 13 heavy (non-hydrogen) atoms. The summed E-state index contributed by atoms with van der Waals surface area (Å²) in [6, 6.07) is 5.39. The first-order valence-electron chi connectivity index (χ1n) is 3.53. The van der Waals surface area contributed by atoms with Crippen LogP contribution in [0.5, 0.6) is 0 Å². The summed E-state index contributed by atoms with van der Waals surface area (Å²) in [5, 5.41) is 0.252. The molecule has 0 aliphatic carbocycles. The fourth-order valence-corrected chi connectivity index (χ4v) is 1.10. The molecule has 0 fully saturated rings. The Kier molecular flexibility index (Phi) is 2.84. The highest BCUT2D eigenvalue weighted by Crippen LogP contribution is 2.29. The van der Waals surface area contributed by atoms with Crippen LogP contribution < -0.4 is 0 Å². The first-order valence-corrected chi connectivity index (χ1v) is 3.91. The topological polar surface area (TPSA) is 4.36 Å². The van der Waals surface area contributed by atoms with Crippen LogP contribution in [0.25, 0.3) is 4.85 Å². The van der Waals surface area contributed by atoms with Gasteiger partial charge in [-0.05, 0) is 12.1 Å². The molecular weight excluding hydrogens is 196 g/mol. The summed E-state index contributed by atoms with van der Waals surface area (Å²) >= 11 is 5.54. The molecule has 0 bridgehead atoms. The highest BCUT2D eigenvalue weighted by molar-refractivity contribution is 6.30. The molecule has 0 saturated heterocycles. The Labute approximate surface area is 79.8 Å². The van der Waals surface area contributed by atoms with Gasteiger partial charge in [-0.3, -0.25) is 0 Å². The minimum atomic E-state index is -3.10. The molecule has 4 heteroatoms. The van der Waals surface area contributed by atoms with E-state index >= 15 is 0 Å². The molecule has 0 N–H and O–H groups in total. The molecule has 68 valence electrons. The highest BCUT2D eigenvalue weighted by atomic mass is 35.5. The third kappa shape index (κ3) is 2.40. The zero-order valence-electron chi connectivity index (χ0n) is 6.60. The van der Waals surface area contributed by atoms with Crippen molar-refractivity contribution in [3.8, 4) is 0 Å². The normalized spacial score (nSPS) is 10.9. The van der Waals surface area contributed by atoms with E-state index in [-0.39, 0.29) is 10.6 Å². The van der Waals surface area contributed by atoms with Gasteiger partial charge in [-0.25, -0.2) is 6.57 Å². The molecule has 0 atom stereocenters. The predicted molar refractivity (Wildman–Crippen MR) is 46.8 cm³/mol. The van der Waals surface area contributed by atoms with Gasteiger partial charge in [0.1, 0.15) is 0 Å². The molecule has 1 rings (SSSR count). The minimum absolute atomic E-state index is 0.212. The van der Waals surface area contributed by atoms with Gasteiger partial charge in [-0.2, -0.15) is 8.78 Å². The van der Waals surface area contributed by atoms with Crippen molar-refractivity contribution < 1.29 is 8.78 Å². The number of alkyl halides is 2. The average Bonchev–Trinajstić information content (AvgIpc) is 2.04. The maximum Gasteiger partial charge on any atom is 0.343 e. The van der Waals surface area contributed by atoms with Crippen LogP contribution in [0.2, 0.25) is 5.02 Å². The third-order valence-corrected chi connectivity index (χ3v) is 1.76. The van der Waals surface area contributed by atoms with E-state index in [1.807, 2.05) is 0 Å². The lowest BCUT2D eigenvalue weighted by Crippen LogP contribution is -2.16. The maximum absolute atomic E-state index is 13.1. The van der Waals surface area contributed by atoms with Gasteiger partial charge in [-0.15, -0.1) is 0 Å². The van der Waals surface area contributed by atoms with Crippen molar-refractivity contribution in [1.82, 2.24) is 0 Å². The molecule has 0 aliphatic rings. The lowest BCUT2D eigenvalue weighted by molar-refractivity contribution is 0.0141. The summed E-state index contributed by atoms with van der Waals surface area (Å²) in [6.45, 7) is 5.53. The summed E-state index contributed by atoms with van der Waals surface area (Å²) in [5.41, 5.74) is -0.212. The number of benzene rings is 1. The van der Waals surface area contributed by atoms with Crippen molar-refractivity contribution in [2.24, 2.45) is 0 Å². The van der Waals surface area contributed by atoms with Crippen LogP contribution in [0, 0.1) is 6.57 Å². The van der Waals surface area contributed by atoms with E-state index in [9.17, 15) is 8.78 Å². The molecule has 0 unspecified atom stereocenters. The molecule has 1 aromatic carbocycles. The van der Waals surface area contributed by atoms with E-state index in [1.165, 1.54) is 24.3 Å². The van der Waals surface area contributed by atoms with Crippen molar-refractivity contribution in [1.29, 1.82) is 0 Å². The summed E-state index contributed by atoms with van der Waals surface area (Å²) in [4.78, 5) is 2.67. The molecular formula is C9H6ClF2N. The van der Waals surface area contributed by atoms with Crippen molar-refractivity contribution >= 4 is 11.6 Å². The molecule has 0 radical (unpaired) electrons. The van der Waals surface area contributed by atoms with Crippen molar-refractivity contribution in [2.45, 2.75) is 5.92 Å². The van der Waals surface area contributed by atoms with Crippen LogP contribution in [-0.4, -0.2) is 6.54 Å². The Bertz CT molecular complexity index is 344. The first kappa shape index (κ1) is 9.94. The quantitative estimate of drug-likeness (QED) is 0.647. The van der Waals surface area contributed by atoms with Crippen LogP contribution in [0.15, 0.2) is 24.3 Å². The minimum Gasteiger partial charge on any atom is -0.310 e. The lowest BCUT2D eigenvalue weighted by Gasteiger charge is -2.09. The third-order valence-electron chi connectivity index (χ3n) is 1.52. The Morgan fingerprint density at radius 3 is 2.69 bits per heavy atom. The molecule has 0 aromatic heterocycles. The van der Waals surface area contributed by atoms with E-state index in [1.54, 1.807) is 0 Å².